The molecule has 0 aromatic rings. The summed E-state index contributed by atoms with van der Waals surface area (Å²) in [4.78, 5) is 7.26. The molecule has 1 rings (SSSR count). The minimum Gasteiger partial charge on any atom is -0.377 e. The lowest BCUT2D eigenvalue weighted by atomic mass is 10.1. The van der Waals surface area contributed by atoms with Gasteiger partial charge in [0.1, 0.15) is 0 Å². The first-order chi connectivity index (χ1) is 12.0. The molecule has 2 N–H and O–H groups in total. The van der Waals surface area contributed by atoms with Gasteiger partial charge in [0.15, 0.2) is 5.96 Å². The maximum absolute atomic E-state index is 5.66. The van der Waals surface area contributed by atoms with Crippen LogP contribution < -0.4 is 10.6 Å². The minimum atomic E-state index is 0. The summed E-state index contributed by atoms with van der Waals surface area (Å²) in [5, 5.41) is 7.03. The van der Waals surface area contributed by atoms with Gasteiger partial charge in [-0.05, 0) is 46.0 Å². The largest absolute Gasteiger partial charge is 0.377 e. The Morgan fingerprint density at radius 2 is 1.85 bits per heavy atom. The standard InChI is InChI=1S/C20H42N4O.HI/c1-6-21-20(22-12-8-7-9-17(2)3)23-19-10-13-24(14-11-19)15-16-25-18(4)5;/h17-19H,6-16H2,1-5H3,(H2,21,22,23);1H. The number of unbranched alkanes of at least 4 members (excludes halogenated alkanes) is 1. The first-order valence-electron chi connectivity index (χ1n) is 10.4. The van der Waals surface area contributed by atoms with Gasteiger partial charge in [-0.2, -0.15) is 0 Å². The van der Waals surface area contributed by atoms with Gasteiger partial charge in [-0.15, -0.1) is 24.0 Å². The average Bonchev–Trinajstić information content (AvgIpc) is 2.55. The van der Waals surface area contributed by atoms with E-state index in [2.05, 4.69) is 50.2 Å². The first kappa shape index (κ1) is 25.9. The molecule has 1 aliphatic heterocycles. The summed E-state index contributed by atoms with van der Waals surface area (Å²) in [6.07, 6.45) is 6.45. The molecule has 0 unspecified atom stereocenters. The van der Waals surface area contributed by atoms with Crippen LogP contribution in [0.15, 0.2) is 4.99 Å². The van der Waals surface area contributed by atoms with Crippen molar-refractivity contribution < 1.29 is 4.74 Å². The van der Waals surface area contributed by atoms with Crippen LogP contribution in [-0.4, -0.2) is 62.3 Å². The Morgan fingerprint density at radius 3 is 2.42 bits per heavy atom. The van der Waals surface area contributed by atoms with Crippen LogP contribution in [0.4, 0.5) is 0 Å². The summed E-state index contributed by atoms with van der Waals surface area (Å²) >= 11 is 0. The normalized spacial score (nSPS) is 16.8. The minimum absolute atomic E-state index is 0. The quantitative estimate of drug-likeness (QED) is 0.203. The van der Waals surface area contributed by atoms with Crippen LogP contribution in [0.3, 0.4) is 0 Å². The van der Waals surface area contributed by atoms with Crippen molar-refractivity contribution in [3.8, 4) is 0 Å². The first-order valence-corrected chi connectivity index (χ1v) is 10.4. The SMILES string of the molecule is CCNC(=NCCCCC(C)C)NC1CCN(CCOC(C)C)CC1.I. The van der Waals surface area contributed by atoms with Crippen LogP contribution in [0.1, 0.15) is 66.7 Å². The summed E-state index contributed by atoms with van der Waals surface area (Å²) in [6, 6.07) is 0.538. The number of nitrogens with zero attached hydrogens (tertiary/aromatic N) is 2. The molecule has 26 heavy (non-hydrogen) atoms. The van der Waals surface area contributed by atoms with E-state index in [0.29, 0.717) is 12.1 Å². The second kappa shape index (κ2) is 15.9. The maximum Gasteiger partial charge on any atom is 0.191 e. The molecule has 1 fully saturated rings. The molecule has 156 valence electrons. The van der Waals surface area contributed by atoms with E-state index in [0.717, 1.165) is 51.2 Å². The van der Waals surface area contributed by atoms with Gasteiger partial charge in [-0.1, -0.05) is 26.7 Å². The molecule has 5 nitrogen and oxygen atoms in total. The van der Waals surface area contributed by atoms with Crippen LogP contribution in [0.5, 0.6) is 0 Å². The fourth-order valence-corrected chi connectivity index (χ4v) is 3.09. The Morgan fingerprint density at radius 1 is 1.15 bits per heavy atom. The zero-order chi connectivity index (χ0) is 18.5. The lowest BCUT2D eigenvalue weighted by molar-refractivity contribution is 0.0532. The second-order valence-corrected chi connectivity index (χ2v) is 7.83. The van der Waals surface area contributed by atoms with Crippen LogP contribution >= 0.6 is 24.0 Å². The lowest BCUT2D eigenvalue weighted by Crippen LogP contribution is -2.49. The topological polar surface area (TPSA) is 48.9 Å². The molecular weight excluding hydrogens is 439 g/mol. The molecule has 0 aliphatic carbocycles. The van der Waals surface area contributed by atoms with Crippen LogP contribution in [-0.2, 0) is 4.74 Å². The highest BCUT2D eigenvalue weighted by Gasteiger charge is 2.19. The molecule has 0 saturated carbocycles. The number of nitrogens with one attached hydrogen (secondary N) is 2. The molecule has 1 heterocycles. The third-order valence-electron chi connectivity index (χ3n) is 4.59. The Kier molecular flexibility index (Phi) is 15.9. The van der Waals surface area contributed by atoms with Crippen molar-refractivity contribution in [3.05, 3.63) is 0 Å². The van der Waals surface area contributed by atoms with Crippen molar-refractivity contribution >= 4 is 29.9 Å². The number of hydrogen-bond acceptors (Lipinski definition) is 3. The number of rotatable bonds is 11. The highest BCUT2D eigenvalue weighted by molar-refractivity contribution is 14.0. The Hall–Kier alpha value is -0.0800. The molecule has 0 aromatic heterocycles. The van der Waals surface area contributed by atoms with Gasteiger partial charge in [0, 0.05) is 38.8 Å². The highest BCUT2D eigenvalue weighted by atomic mass is 127. The van der Waals surface area contributed by atoms with Gasteiger partial charge >= 0.3 is 0 Å². The van der Waals surface area contributed by atoms with Crippen molar-refractivity contribution in [1.29, 1.82) is 0 Å². The van der Waals surface area contributed by atoms with E-state index in [-0.39, 0.29) is 24.0 Å². The number of halogens is 1. The predicted octanol–water partition coefficient (Wildman–Crippen LogP) is 3.88. The highest BCUT2D eigenvalue weighted by Crippen LogP contribution is 2.10. The van der Waals surface area contributed by atoms with Gasteiger partial charge in [0.25, 0.3) is 0 Å². The fraction of sp³-hybridized carbons (Fsp3) is 0.950. The summed E-state index contributed by atoms with van der Waals surface area (Å²) in [6.45, 7) is 16.9. The van der Waals surface area contributed by atoms with Crippen LogP contribution in [0, 0.1) is 5.92 Å². The summed E-state index contributed by atoms with van der Waals surface area (Å²) in [5.41, 5.74) is 0. The predicted molar refractivity (Wildman–Crippen MR) is 124 cm³/mol. The van der Waals surface area contributed by atoms with Gasteiger partial charge in [0.05, 0.1) is 12.7 Å². The van der Waals surface area contributed by atoms with Crippen molar-refractivity contribution in [1.82, 2.24) is 15.5 Å². The molecule has 6 heteroatoms. The molecule has 0 spiro atoms. The summed E-state index contributed by atoms with van der Waals surface area (Å²) < 4.78 is 5.66. The smallest absolute Gasteiger partial charge is 0.191 e. The molecule has 0 radical (unpaired) electrons. The van der Waals surface area contributed by atoms with E-state index in [1.165, 1.54) is 32.1 Å². The second-order valence-electron chi connectivity index (χ2n) is 7.83. The molecule has 0 bridgehead atoms. The maximum atomic E-state index is 5.66. The van der Waals surface area contributed by atoms with Crippen LogP contribution in [0.2, 0.25) is 0 Å². The van der Waals surface area contributed by atoms with Crippen molar-refractivity contribution in [3.63, 3.8) is 0 Å². The monoisotopic (exact) mass is 482 g/mol. The number of piperidine rings is 1. The molecular formula is C20H43IN4O. The Balaban J connectivity index is 0.00000625. The number of likely N-dealkylation sites (tertiary alicyclic amines) is 1. The van der Waals surface area contributed by atoms with Crippen molar-refractivity contribution in [2.75, 3.05) is 39.3 Å². The lowest BCUT2D eigenvalue weighted by Gasteiger charge is -2.33. The Bertz CT molecular complexity index is 356. The van der Waals surface area contributed by atoms with E-state index in [1.54, 1.807) is 0 Å². The number of guanidine groups is 1. The van der Waals surface area contributed by atoms with Crippen LogP contribution in [0.25, 0.3) is 0 Å². The van der Waals surface area contributed by atoms with Gasteiger partial charge in [-0.25, -0.2) is 0 Å². The van der Waals surface area contributed by atoms with E-state index in [9.17, 15) is 0 Å². The van der Waals surface area contributed by atoms with Crippen molar-refractivity contribution in [2.45, 2.75) is 78.9 Å². The fourth-order valence-electron chi connectivity index (χ4n) is 3.09. The zero-order valence-electron chi connectivity index (χ0n) is 17.7. The Labute approximate surface area is 179 Å². The number of hydrogen-bond donors (Lipinski definition) is 2. The number of ether oxygens (including phenoxy) is 1. The third kappa shape index (κ3) is 13.1. The molecule has 1 aliphatic rings. The van der Waals surface area contributed by atoms with E-state index < -0.39 is 0 Å². The van der Waals surface area contributed by atoms with E-state index in [1.807, 2.05) is 0 Å². The molecule has 0 amide bonds. The van der Waals surface area contributed by atoms with Gasteiger partial charge in [-0.3, -0.25) is 4.99 Å². The van der Waals surface area contributed by atoms with E-state index in [4.69, 9.17) is 9.73 Å². The zero-order valence-corrected chi connectivity index (χ0v) is 20.1. The molecule has 0 aromatic carbocycles. The van der Waals surface area contributed by atoms with E-state index >= 15 is 0 Å². The van der Waals surface area contributed by atoms with Gasteiger partial charge in [0.2, 0.25) is 0 Å². The van der Waals surface area contributed by atoms with Crippen molar-refractivity contribution in [2.24, 2.45) is 10.9 Å². The van der Waals surface area contributed by atoms with Gasteiger partial charge < -0.3 is 20.3 Å². The number of aliphatic imine (C=N–C) groups is 1. The summed E-state index contributed by atoms with van der Waals surface area (Å²) in [5.74, 6) is 1.79. The molecule has 0 atom stereocenters. The third-order valence-corrected chi connectivity index (χ3v) is 4.59. The molecule has 1 saturated heterocycles. The summed E-state index contributed by atoms with van der Waals surface area (Å²) in [7, 11) is 0. The average molecular weight is 482 g/mol.